The molecule has 0 N–H and O–H groups in total. The summed E-state index contributed by atoms with van der Waals surface area (Å²) < 4.78 is 0.997. The average molecular weight is 331 g/mol. The number of halogens is 2. The highest BCUT2D eigenvalue weighted by Crippen LogP contribution is 2.17. The van der Waals surface area contributed by atoms with Crippen LogP contribution >= 0.6 is 31.9 Å². The van der Waals surface area contributed by atoms with Gasteiger partial charge in [-0.2, -0.15) is 0 Å². The SMILES string of the molecule is CN(Cc1ccccc1Br)C(=O)C#CBr. The Morgan fingerprint density at radius 3 is 2.73 bits per heavy atom. The molecule has 0 spiro atoms. The summed E-state index contributed by atoms with van der Waals surface area (Å²) in [6, 6.07) is 7.79. The smallest absolute Gasteiger partial charge is 0.299 e. The van der Waals surface area contributed by atoms with Crippen LogP contribution in [0.3, 0.4) is 0 Å². The normalized spacial score (nSPS) is 9.00. The van der Waals surface area contributed by atoms with Crippen molar-refractivity contribution in [1.29, 1.82) is 0 Å². The molecule has 0 saturated heterocycles. The van der Waals surface area contributed by atoms with E-state index in [2.05, 4.69) is 42.6 Å². The minimum Gasteiger partial charge on any atom is -0.331 e. The molecule has 4 heteroatoms. The van der Waals surface area contributed by atoms with Crippen LogP contribution in [0.15, 0.2) is 28.7 Å². The van der Waals surface area contributed by atoms with Crippen LogP contribution in [0.2, 0.25) is 0 Å². The standard InChI is InChI=1S/C11H9Br2NO/c1-14(11(15)6-7-12)8-9-4-2-3-5-10(9)13/h2-5H,8H2,1H3. The predicted molar refractivity (Wildman–Crippen MR) is 67.3 cm³/mol. The molecule has 15 heavy (non-hydrogen) atoms. The fourth-order valence-corrected chi connectivity index (χ4v) is 1.67. The maximum atomic E-state index is 11.4. The third kappa shape index (κ3) is 3.69. The predicted octanol–water partition coefficient (Wildman–Crippen LogP) is 2.76. The lowest BCUT2D eigenvalue weighted by molar-refractivity contribution is -0.124. The highest BCUT2D eigenvalue weighted by molar-refractivity contribution is 9.12. The second kappa shape index (κ2) is 5.94. The molecule has 0 aliphatic rings. The van der Waals surface area contributed by atoms with Crippen molar-refractivity contribution in [1.82, 2.24) is 4.90 Å². The molecule has 0 saturated carbocycles. The molecule has 0 unspecified atom stereocenters. The molecular formula is C11H9Br2NO. The number of nitrogens with zero attached hydrogens (tertiary/aromatic N) is 1. The van der Waals surface area contributed by atoms with Crippen LogP contribution in [0.25, 0.3) is 0 Å². The van der Waals surface area contributed by atoms with E-state index in [0.29, 0.717) is 6.54 Å². The Hall–Kier alpha value is -0.790. The van der Waals surface area contributed by atoms with Crippen molar-refractivity contribution < 1.29 is 4.79 Å². The van der Waals surface area contributed by atoms with Gasteiger partial charge in [-0.3, -0.25) is 4.79 Å². The molecular weight excluding hydrogens is 322 g/mol. The summed E-state index contributed by atoms with van der Waals surface area (Å²) in [5.74, 6) is 2.22. The zero-order valence-corrected chi connectivity index (χ0v) is 11.3. The van der Waals surface area contributed by atoms with E-state index in [9.17, 15) is 4.79 Å². The molecule has 0 aliphatic carbocycles. The first-order chi connectivity index (χ1) is 7.15. The number of hydrogen-bond donors (Lipinski definition) is 0. The number of rotatable bonds is 2. The van der Waals surface area contributed by atoms with Crippen molar-refractivity contribution in [3.05, 3.63) is 34.3 Å². The van der Waals surface area contributed by atoms with E-state index in [-0.39, 0.29) is 5.91 Å². The lowest BCUT2D eigenvalue weighted by Crippen LogP contribution is -2.24. The molecule has 1 rings (SSSR count). The molecule has 1 aromatic rings. The second-order valence-corrected chi connectivity index (χ2v) is 4.22. The number of benzene rings is 1. The first-order valence-corrected chi connectivity index (χ1v) is 5.84. The van der Waals surface area contributed by atoms with Gasteiger partial charge < -0.3 is 4.90 Å². The van der Waals surface area contributed by atoms with E-state index in [1.807, 2.05) is 24.3 Å². The van der Waals surface area contributed by atoms with Gasteiger partial charge in [-0.25, -0.2) is 0 Å². The van der Waals surface area contributed by atoms with Gasteiger partial charge in [0.05, 0.1) is 0 Å². The third-order valence-electron chi connectivity index (χ3n) is 1.87. The molecule has 0 aromatic heterocycles. The summed E-state index contributed by atoms with van der Waals surface area (Å²) in [5.41, 5.74) is 1.06. The Labute approximate surface area is 106 Å². The Morgan fingerprint density at radius 1 is 1.47 bits per heavy atom. The summed E-state index contributed by atoms with van der Waals surface area (Å²) >= 11 is 6.33. The van der Waals surface area contributed by atoms with E-state index >= 15 is 0 Å². The van der Waals surface area contributed by atoms with E-state index < -0.39 is 0 Å². The quantitative estimate of drug-likeness (QED) is 0.764. The van der Waals surface area contributed by atoms with Crippen LogP contribution < -0.4 is 0 Å². The highest BCUT2D eigenvalue weighted by atomic mass is 79.9. The van der Waals surface area contributed by atoms with Crippen molar-refractivity contribution in [3.63, 3.8) is 0 Å². The van der Waals surface area contributed by atoms with Crippen molar-refractivity contribution in [2.45, 2.75) is 6.54 Å². The summed E-state index contributed by atoms with van der Waals surface area (Å²) in [7, 11) is 1.72. The molecule has 2 nitrogen and oxygen atoms in total. The Kier molecular flexibility index (Phi) is 4.86. The van der Waals surface area contributed by atoms with Gasteiger partial charge in [0.15, 0.2) is 0 Å². The van der Waals surface area contributed by atoms with Crippen molar-refractivity contribution in [2.24, 2.45) is 0 Å². The summed E-state index contributed by atoms with van der Waals surface area (Å²) in [4.78, 5) is 15.3. The molecule has 0 radical (unpaired) electrons. The van der Waals surface area contributed by atoms with E-state index in [1.165, 1.54) is 0 Å². The maximum Gasteiger partial charge on any atom is 0.299 e. The van der Waals surface area contributed by atoms with Crippen LogP contribution in [0, 0.1) is 10.8 Å². The first-order valence-electron chi connectivity index (χ1n) is 4.25. The van der Waals surface area contributed by atoms with Gasteiger partial charge in [0.1, 0.15) is 0 Å². The largest absolute Gasteiger partial charge is 0.331 e. The number of amides is 1. The molecule has 0 fully saturated rings. The van der Waals surface area contributed by atoms with Crippen LogP contribution in [0.4, 0.5) is 0 Å². The van der Waals surface area contributed by atoms with Gasteiger partial charge in [-0.1, -0.05) is 34.1 Å². The fraction of sp³-hybridized carbons (Fsp3) is 0.182. The Bertz CT molecular complexity index is 420. The fourth-order valence-electron chi connectivity index (χ4n) is 1.09. The summed E-state index contributed by atoms with van der Waals surface area (Å²) in [5, 5.41) is 0. The molecule has 0 heterocycles. The van der Waals surface area contributed by atoms with Gasteiger partial charge in [-0.05, 0) is 16.5 Å². The van der Waals surface area contributed by atoms with E-state index in [1.54, 1.807) is 11.9 Å². The molecule has 1 amide bonds. The van der Waals surface area contributed by atoms with Gasteiger partial charge in [-0.15, -0.1) is 0 Å². The van der Waals surface area contributed by atoms with Crippen LogP contribution in [0.1, 0.15) is 5.56 Å². The number of carbonyl (C=O) groups is 1. The van der Waals surface area contributed by atoms with E-state index in [4.69, 9.17) is 0 Å². The van der Waals surface area contributed by atoms with Crippen LogP contribution in [0.5, 0.6) is 0 Å². The van der Waals surface area contributed by atoms with E-state index in [0.717, 1.165) is 10.0 Å². The molecule has 0 bridgehead atoms. The lowest BCUT2D eigenvalue weighted by atomic mass is 10.2. The third-order valence-corrected chi connectivity index (χ3v) is 2.84. The first kappa shape index (κ1) is 12.3. The lowest BCUT2D eigenvalue weighted by Gasteiger charge is -2.14. The maximum absolute atomic E-state index is 11.4. The molecule has 0 aliphatic heterocycles. The zero-order valence-electron chi connectivity index (χ0n) is 8.13. The minimum absolute atomic E-state index is 0.206. The number of hydrogen-bond acceptors (Lipinski definition) is 1. The van der Waals surface area contributed by atoms with Gasteiger partial charge in [0.25, 0.3) is 5.91 Å². The van der Waals surface area contributed by atoms with Crippen molar-refractivity contribution in [2.75, 3.05) is 7.05 Å². The zero-order chi connectivity index (χ0) is 11.3. The Balaban J connectivity index is 2.73. The van der Waals surface area contributed by atoms with Gasteiger partial charge >= 0.3 is 0 Å². The molecule has 1 aromatic carbocycles. The average Bonchev–Trinajstić information content (AvgIpc) is 2.21. The summed E-state index contributed by atoms with van der Waals surface area (Å²) in [6.07, 6.45) is 0. The topological polar surface area (TPSA) is 20.3 Å². The van der Waals surface area contributed by atoms with Crippen molar-refractivity contribution >= 4 is 37.8 Å². The minimum atomic E-state index is -0.206. The van der Waals surface area contributed by atoms with Gasteiger partial charge in [0, 0.05) is 39.9 Å². The molecule has 78 valence electrons. The monoisotopic (exact) mass is 329 g/mol. The Morgan fingerprint density at radius 2 is 2.13 bits per heavy atom. The van der Waals surface area contributed by atoms with Crippen LogP contribution in [-0.2, 0) is 11.3 Å². The van der Waals surface area contributed by atoms with Crippen molar-refractivity contribution in [3.8, 4) is 10.8 Å². The van der Waals surface area contributed by atoms with Gasteiger partial charge in [0.2, 0.25) is 0 Å². The van der Waals surface area contributed by atoms with Crippen LogP contribution in [-0.4, -0.2) is 17.9 Å². The highest BCUT2D eigenvalue weighted by Gasteiger charge is 2.07. The summed E-state index contributed by atoms with van der Waals surface area (Å²) in [6.45, 7) is 0.544. The second-order valence-electron chi connectivity index (χ2n) is 2.97. The number of carbonyl (C=O) groups excluding carboxylic acids is 1. The molecule has 0 atom stereocenters.